The maximum atomic E-state index is 13.9. The number of aromatic amines is 1. The van der Waals surface area contributed by atoms with Crippen molar-refractivity contribution in [1.29, 1.82) is 0 Å². The number of aromatic nitrogens is 1. The summed E-state index contributed by atoms with van der Waals surface area (Å²) in [6, 6.07) is 20.3. The van der Waals surface area contributed by atoms with E-state index in [2.05, 4.69) is 15.6 Å². The Morgan fingerprint density at radius 1 is 0.972 bits per heavy atom. The molecule has 0 spiro atoms. The molecule has 0 saturated heterocycles. The molecule has 2 amide bonds. The summed E-state index contributed by atoms with van der Waals surface area (Å²) in [7, 11) is 0. The molecule has 4 aromatic rings. The fourth-order valence-electron chi connectivity index (χ4n) is 4.06. The van der Waals surface area contributed by atoms with Crippen LogP contribution in [0.2, 0.25) is 0 Å². The van der Waals surface area contributed by atoms with Crippen LogP contribution in [-0.2, 0) is 29.0 Å². The van der Waals surface area contributed by atoms with Crippen molar-refractivity contribution in [1.82, 2.24) is 15.6 Å². The molecule has 3 aromatic carbocycles. The largest absolute Gasteiger partial charge is 0.445 e. The number of amides is 2. The fourth-order valence-corrected chi connectivity index (χ4v) is 4.06. The molecule has 8 heteroatoms. The first-order valence-corrected chi connectivity index (χ1v) is 11.6. The number of rotatable bonds is 9. The van der Waals surface area contributed by atoms with Gasteiger partial charge in [0.15, 0.2) is 0 Å². The van der Waals surface area contributed by atoms with Crippen molar-refractivity contribution >= 4 is 22.9 Å². The summed E-state index contributed by atoms with van der Waals surface area (Å²) in [6.07, 6.45) is 1.69. The Morgan fingerprint density at radius 3 is 2.53 bits per heavy atom. The van der Waals surface area contributed by atoms with Crippen molar-refractivity contribution < 1.29 is 23.1 Å². The molecule has 0 aliphatic heterocycles. The minimum absolute atomic E-state index is 0.101. The molecule has 0 aliphatic rings. The molecule has 1 heterocycles. The van der Waals surface area contributed by atoms with Gasteiger partial charge in [-0.15, -0.1) is 0 Å². The third-order valence-electron chi connectivity index (χ3n) is 6.01. The van der Waals surface area contributed by atoms with Crippen LogP contribution in [0.25, 0.3) is 10.9 Å². The van der Waals surface area contributed by atoms with E-state index in [1.807, 2.05) is 54.6 Å². The van der Waals surface area contributed by atoms with Gasteiger partial charge in [-0.25, -0.2) is 13.6 Å². The maximum Gasteiger partial charge on any atom is 0.408 e. The Morgan fingerprint density at radius 2 is 1.72 bits per heavy atom. The number of carbonyl (C=O) groups is 2. The van der Waals surface area contributed by atoms with Gasteiger partial charge in [-0.05, 0) is 48.7 Å². The SMILES string of the molecule is C[C@](Cc1c[nH]c2ccccc12)(NC(=O)OCc1cc(F)ccc1F)C(=O)NCCc1ccccc1. The average Bonchev–Trinajstić information content (AvgIpc) is 3.27. The minimum atomic E-state index is -1.38. The van der Waals surface area contributed by atoms with E-state index in [9.17, 15) is 18.4 Å². The molecular formula is C28H27F2N3O3. The predicted molar refractivity (Wildman–Crippen MR) is 133 cm³/mol. The molecule has 1 aromatic heterocycles. The monoisotopic (exact) mass is 491 g/mol. The van der Waals surface area contributed by atoms with Gasteiger partial charge in [-0.1, -0.05) is 48.5 Å². The smallest absolute Gasteiger partial charge is 0.408 e. The molecule has 0 aliphatic carbocycles. The highest BCUT2D eigenvalue weighted by atomic mass is 19.1. The van der Waals surface area contributed by atoms with Crippen LogP contribution in [-0.4, -0.2) is 29.1 Å². The van der Waals surface area contributed by atoms with E-state index in [4.69, 9.17) is 4.74 Å². The summed E-state index contributed by atoms with van der Waals surface area (Å²) in [5, 5.41) is 6.47. The molecule has 1 atom stereocenters. The van der Waals surface area contributed by atoms with Crippen LogP contribution in [0, 0.1) is 11.6 Å². The van der Waals surface area contributed by atoms with Crippen LogP contribution in [0.3, 0.4) is 0 Å². The second kappa shape index (κ2) is 11.0. The number of para-hydroxylation sites is 1. The van der Waals surface area contributed by atoms with Crippen LogP contribution >= 0.6 is 0 Å². The van der Waals surface area contributed by atoms with Gasteiger partial charge >= 0.3 is 6.09 Å². The lowest BCUT2D eigenvalue weighted by Crippen LogP contribution is -2.58. The first-order valence-electron chi connectivity index (χ1n) is 11.6. The third-order valence-corrected chi connectivity index (χ3v) is 6.01. The predicted octanol–water partition coefficient (Wildman–Crippen LogP) is 5.03. The zero-order valence-electron chi connectivity index (χ0n) is 19.8. The second-order valence-corrected chi connectivity index (χ2v) is 8.80. The Kier molecular flexibility index (Phi) is 7.63. The van der Waals surface area contributed by atoms with Gasteiger partial charge in [-0.3, -0.25) is 4.79 Å². The molecule has 4 rings (SSSR count). The van der Waals surface area contributed by atoms with Crippen LogP contribution in [0.4, 0.5) is 13.6 Å². The van der Waals surface area contributed by atoms with E-state index in [1.54, 1.807) is 13.1 Å². The topological polar surface area (TPSA) is 83.2 Å². The summed E-state index contributed by atoms with van der Waals surface area (Å²) >= 11 is 0. The van der Waals surface area contributed by atoms with Crippen molar-refractivity contribution in [3.8, 4) is 0 Å². The number of hydrogen-bond donors (Lipinski definition) is 3. The van der Waals surface area contributed by atoms with Crippen LogP contribution in [0.1, 0.15) is 23.6 Å². The molecular weight excluding hydrogens is 464 g/mol. The first kappa shape index (κ1) is 24.9. The highest BCUT2D eigenvalue weighted by Crippen LogP contribution is 2.23. The number of H-pyrrole nitrogens is 1. The van der Waals surface area contributed by atoms with Crippen molar-refractivity contribution in [3.63, 3.8) is 0 Å². The van der Waals surface area contributed by atoms with E-state index in [-0.39, 0.29) is 12.0 Å². The molecule has 36 heavy (non-hydrogen) atoms. The molecule has 6 nitrogen and oxygen atoms in total. The molecule has 0 bridgehead atoms. The number of ether oxygens (including phenoxy) is 1. The average molecular weight is 492 g/mol. The van der Waals surface area contributed by atoms with E-state index in [0.29, 0.717) is 13.0 Å². The lowest BCUT2D eigenvalue weighted by molar-refractivity contribution is -0.126. The number of halogens is 2. The molecule has 0 radical (unpaired) electrons. The van der Waals surface area contributed by atoms with Gasteiger partial charge in [0.05, 0.1) is 0 Å². The van der Waals surface area contributed by atoms with Gasteiger partial charge in [0.1, 0.15) is 23.8 Å². The fraction of sp³-hybridized carbons (Fsp3) is 0.214. The summed E-state index contributed by atoms with van der Waals surface area (Å²) in [6.45, 7) is 1.50. The third kappa shape index (κ3) is 6.07. The summed E-state index contributed by atoms with van der Waals surface area (Å²) in [5.74, 6) is -1.72. The highest BCUT2D eigenvalue weighted by molar-refractivity contribution is 5.91. The quantitative estimate of drug-likeness (QED) is 0.307. The lowest BCUT2D eigenvalue weighted by Gasteiger charge is -2.29. The van der Waals surface area contributed by atoms with Crippen LogP contribution in [0.15, 0.2) is 79.0 Å². The van der Waals surface area contributed by atoms with E-state index in [0.717, 1.165) is 40.2 Å². The van der Waals surface area contributed by atoms with Crippen LogP contribution < -0.4 is 10.6 Å². The zero-order chi connectivity index (χ0) is 25.5. The van der Waals surface area contributed by atoms with Crippen molar-refractivity contribution in [2.75, 3.05) is 6.54 Å². The zero-order valence-corrected chi connectivity index (χ0v) is 19.8. The number of hydrogen-bond acceptors (Lipinski definition) is 3. The summed E-state index contributed by atoms with van der Waals surface area (Å²) in [5.41, 5.74) is 1.34. The number of benzene rings is 3. The van der Waals surface area contributed by atoms with Crippen LogP contribution in [0.5, 0.6) is 0 Å². The molecule has 3 N–H and O–H groups in total. The minimum Gasteiger partial charge on any atom is -0.445 e. The lowest BCUT2D eigenvalue weighted by atomic mass is 9.91. The van der Waals surface area contributed by atoms with Crippen molar-refractivity contribution in [2.24, 2.45) is 0 Å². The van der Waals surface area contributed by atoms with E-state index < -0.39 is 35.8 Å². The second-order valence-electron chi connectivity index (χ2n) is 8.80. The van der Waals surface area contributed by atoms with E-state index >= 15 is 0 Å². The van der Waals surface area contributed by atoms with Gasteiger partial charge < -0.3 is 20.4 Å². The van der Waals surface area contributed by atoms with Gasteiger partial charge in [0, 0.05) is 35.6 Å². The van der Waals surface area contributed by atoms with E-state index in [1.165, 1.54) is 0 Å². The van der Waals surface area contributed by atoms with Gasteiger partial charge in [0.25, 0.3) is 0 Å². The first-order chi connectivity index (χ1) is 17.3. The van der Waals surface area contributed by atoms with Crippen molar-refractivity contribution in [3.05, 3.63) is 107 Å². The normalized spacial score (nSPS) is 12.6. The Hall–Kier alpha value is -4.20. The number of fused-ring (bicyclic) bond motifs is 1. The van der Waals surface area contributed by atoms with Crippen molar-refractivity contribution in [2.45, 2.75) is 31.9 Å². The standard InChI is InChI=1S/C28H27F2N3O3/c1-28(16-21-17-32-25-10-6-5-9-23(21)25,26(34)31-14-13-19-7-3-2-4-8-19)33-27(35)36-18-20-15-22(29)11-12-24(20)30/h2-12,15,17,32H,13-14,16,18H2,1H3,(H,31,34)(H,33,35)/t28-/m1/s1. The maximum absolute atomic E-state index is 13.9. The van der Waals surface area contributed by atoms with Gasteiger partial charge in [-0.2, -0.15) is 0 Å². The number of nitrogens with one attached hydrogen (secondary N) is 3. The molecule has 0 fully saturated rings. The Bertz CT molecular complexity index is 1360. The Balaban J connectivity index is 1.48. The number of alkyl carbamates (subject to hydrolysis) is 1. The molecule has 0 unspecified atom stereocenters. The molecule has 186 valence electrons. The molecule has 0 saturated carbocycles. The highest BCUT2D eigenvalue weighted by Gasteiger charge is 2.36. The summed E-state index contributed by atoms with van der Waals surface area (Å²) < 4.78 is 32.5. The van der Waals surface area contributed by atoms with Gasteiger partial charge in [0.2, 0.25) is 5.91 Å². The summed E-state index contributed by atoms with van der Waals surface area (Å²) in [4.78, 5) is 29.2. The number of carbonyl (C=O) groups excluding carboxylic acids is 2. The Labute approximate surface area is 207 Å².